The number of unbranched alkanes of at least 4 members (excludes halogenated alkanes) is 1. The van der Waals surface area contributed by atoms with Crippen LogP contribution in [0.3, 0.4) is 0 Å². The normalized spacial score (nSPS) is 13.0. The third kappa shape index (κ3) is 5.86. The summed E-state index contributed by atoms with van der Waals surface area (Å²) in [5.41, 5.74) is -0.747. The van der Waals surface area contributed by atoms with Gasteiger partial charge >= 0.3 is 12.1 Å². The van der Waals surface area contributed by atoms with E-state index in [0.29, 0.717) is 16.4 Å². The van der Waals surface area contributed by atoms with Crippen LogP contribution in [0.4, 0.5) is 13.2 Å². The molecule has 0 aliphatic rings. The highest BCUT2D eigenvalue weighted by Gasteiger charge is 2.38. The molecule has 0 aliphatic carbocycles. The van der Waals surface area contributed by atoms with Gasteiger partial charge in [-0.3, -0.25) is 4.79 Å². The molecule has 1 aromatic carbocycles. The molecule has 1 unspecified atom stereocenters. The molecule has 130 valence electrons. The van der Waals surface area contributed by atoms with Crippen LogP contribution in [0.5, 0.6) is 5.75 Å². The highest BCUT2D eigenvalue weighted by atomic mass is 127. The minimum atomic E-state index is -4.48. The minimum absolute atomic E-state index is 0.0129. The standard InChI is InChI=1S/C15H16F3I3O2/c1-3-5-6-8(4-2)14(22)23-13-10(20)7-9(19)11(12(13)21)15(16,17)18/h7-8H,3-6H2,1-2H3. The molecule has 0 fully saturated rings. The molecule has 0 heterocycles. The summed E-state index contributed by atoms with van der Waals surface area (Å²) in [5, 5.41) is 0. The smallest absolute Gasteiger partial charge is 0.418 e. The fraction of sp³-hybridized carbons (Fsp3) is 0.533. The number of hydrogen-bond donors (Lipinski definition) is 0. The van der Waals surface area contributed by atoms with Crippen LogP contribution in [-0.4, -0.2) is 5.97 Å². The molecule has 0 N–H and O–H groups in total. The zero-order valence-corrected chi connectivity index (χ0v) is 19.0. The van der Waals surface area contributed by atoms with E-state index in [0.717, 1.165) is 12.8 Å². The summed E-state index contributed by atoms with van der Waals surface area (Å²) in [6.07, 6.45) is -1.33. The van der Waals surface area contributed by atoms with Crippen LogP contribution in [0, 0.1) is 16.6 Å². The summed E-state index contributed by atoms with van der Waals surface area (Å²) in [6.45, 7) is 3.91. The fourth-order valence-corrected chi connectivity index (χ4v) is 6.25. The Morgan fingerprint density at radius 3 is 2.30 bits per heavy atom. The number of carbonyl (C=O) groups excluding carboxylic acids is 1. The van der Waals surface area contributed by atoms with Gasteiger partial charge in [0.25, 0.3) is 0 Å². The van der Waals surface area contributed by atoms with E-state index in [1.807, 2.05) is 36.4 Å². The molecule has 1 atom stereocenters. The lowest BCUT2D eigenvalue weighted by molar-refractivity contribution is -0.142. The maximum absolute atomic E-state index is 13.2. The lowest BCUT2D eigenvalue weighted by atomic mass is 10.00. The van der Waals surface area contributed by atoms with Gasteiger partial charge in [-0.15, -0.1) is 0 Å². The van der Waals surface area contributed by atoms with Gasteiger partial charge in [0, 0.05) is 3.57 Å². The molecule has 2 nitrogen and oxygen atoms in total. The monoisotopic (exact) mass is 666 g/mol. The summed E-state index contributed by atoms with van der Waals surface area (Å²) in [4.78, 5) is 12.3. The number of carbonyl (C=O) groups is 1. The van der Waals surface area contributed by atoms with E-state index >= 15 is 0 Å². The van der Waals surface area contributed by atoms with E-state index in [4.69, 9.17) is 4.74 Å². The van der Waals surface area contributed by atoms with Crippen molar-refractivity contribution in [2.45, 2.75) is 45.7 Å². The van der Waals surface area contributed by atoms with E-state index in [2.05, 4.69) is 0 Å². The van der Waals surface area contributed by atoms with E-state index in [1.165, 1.54) is 6.07 Å². The maximum atomic E-state index is 13.2. The number of alkyl halides is 3. The summed E-state index contributed by atoms with van der Waals surface area (Å²) < 4.78 is 45.5. The van der Waals surface area contributed by atoms with Crippen molar-refractivity contribution in [3.05, 3.63) is 22.3 Å². The molecule has 0 bridgehead atoms. The fourth-order valence-electron chi connectivity index (χ4n) is 2.05. The molecule has 0 saturated carbocycles. The number of rotatable bonds is 6. The molecule has 0 amide bonds. The lowest BCUT2D eigenvalue weighted by Crippen LogP contribution is -2.22. The molecule has 0 spiro atoms. The van der Waals surface area contributed by atoms with Gasteiger partial charge in [-0.2, -0.15) is 13.2 Å². The quantitative estimate of drug-likeness (QED) is 0.194. The molecular formula is C15H16F3I3O2. The van der Waals surface area contributed by atoms with E-state index in [9.17, 15) is 18.0 Å². The van der Waals surface area contributed by atoms with Crippen molar-refractivity contribution in [3.8, 4) is 5.75 Å². The Bertz CT molecular complexity index is 574. The first kappa shape index (κ1) is 21.7. The largest absolute Gasteiger partial charge is 0.424 e. The Kier molecular flexibility index (Phi) is 8.86. The lowest BCUT2D eigenvalue weighted by Gasteiger charge is -2.18. The summed E-state index contributed by atoms with van der Waals surface area (Å²) in [7, 11) is 0. The van der Waals surface area contributed by atoms with E-state index < -0.39 is 17.7 Å². The van der Waals surface area contributed by atoms with Crippen molar-refractivity contribution in [1.29, 1.82) is 0 Å². The molecule has 0 aliphatic heterocycles. The number of esters is 1. The van der Waals surface area contributed by atoms with Crippen LogP contribution in [0.15, 0.2) is 6.07 Å². The topological polar surface area (TPSA) is 26.3 Å². The first-order chi connectivity index (χ1) is 10.6. The maximum Gasteiger partial charge on any atom is 0.418 e. The van der Waals surface area contributed by atoms with Crippen molar-refractivity contribution in [1.82, 2.24) is 0 Å². The van der Waals surface area contributed by atoms with Gasteiger partial charge in [0.1, 0.15) is 0 Å². The summed E-state index contributed by atoms with van der Waals surface area (Å²) >= 11 is 5.16. The molecule has 23 heavy (non-hydrogen) atoms. The molecular weight excluding hydrogens is 650 g/mol. The highest BCUT2D eigenvalue weighted by Crippen LogP contribution is 2.42. The van der Waals surface area contributed by atoms with Crippen molar-refractivity contribution < 1.29 is 22.7 Å². The van der Waals surface area contributed by atoms with Crippen molar-refractivity contribution in [2.75, 3.05) is 0 Å². The average Bonchev–Trinajstić information content (AvgIpc) is 2.42. The van der Waals surface area contributed by atoms with Gasteiger partial charge in [0.2, 0.25) is 0 Å². The second-order valence-corrected chi connectivity index (χ2v) is 8.43. The Labute approximate surface area is 174 Å². The summed E-state index contributed by atoms with van der Waals surface area (Å²) in [6, 6.07) is 1.39. The molecule has 0 radical (unpaired) electrons. The molecule has 1 rings (SSSR count). The molecule has 0 saturated heterocycles. The number of halogens is 6. The van der Waals surface area contributed by atoms with Gasteiger partial charge in [-0.05, 0) is 86.7 Å². The van der Waals surface area contributed by atoms with Crippen molar-refractivity contribution >= 4 is 73.7 Å². The van der Waals surface area contributed by atoms with Gasteiger partial charge in [-0.1, -0.05) is 26.7 Å². The SMILES string of the molecule is CCCCC(CC)C(=O)Oc1c(I)cc(I)c(C(F)(F)F)c1I. The van der Waals surface area contributed by atoms with Crippen LogP contribution in [0.2, 0.25) is 0 Å². The van der Waals surface area contributed by atoms with Crippen LogP contribution < -0.4 is 4.74 Å². The zero-order chi connectivity index (χ0) is 17.8. The van der Waals surface area contributed by atoms with Gasteiger partial charge < -0.3 is 4.74 Å². The molecule has 1 aromatic rings. The number of ether oxygens (including phenoxy) is 1. The second-order valence-electron chi connectivity index (χ2n) is 5.02. The van der Waals surface area contributed by atoms with E-state index in [1.54, 1.807) is 45.2 Å². The van der Waals surface area contributed by atoms with Gasteiger partial charge in [-0.25, -0.2) is 0 Å². The van der Waals surface area contributed by atoms with Gasteiger partial charge in [0.15, 0.2) is 5.75 Å². The van der Waals surface area contributed by atoms with Crippen LogP contribution >= 0.6 is 67.8 Å². The first-order valence-electron chi connectivity index (χ1n) is 7.09. The Balaban J connectivity index is 3.16. The van der Waals surface area contributed by atoms with Crippen molar-refractivity contribution in [2.24, 2.45) is 5.92 Å². The third-order valence-corrected chi connectivity index (χ3v) is 6.03. The Hall–Kier alpha value is 0.670. The van der Waals surface area contributed by atoms with E-state index in [-0.39, 0.29) is 18.8 Å². The molecule has 8 heteroatoms. The second kappa shape index (κ2) is 9.39. The van der Waals surface area contributed by atoms with Crippen LogP contribution in [0.1, 0.15) is 45.1 Å². The average molecular weight is 666 g/mol. The van der Waals surface area contributed by atoms with Crippen molar-refractivity contribution in [3.63, 3.8) is 0 Å². The van der Waals surface area contributed by atoms with Gasteiger partial charge in [0.05, 0.1) is 18.6 Å². The predicted molar refractivity (Wildman–Crippen MR) is 109 cm³/mol. The Morgan fingerprint density at radius 1 is 1.22 bits per heavy atom. The minimum Gasteiger partial charge on any atom is -0.424 e. The molecule has 0 aromatic heterocycles. The summed E-state index contributed by atoms with van der Waals surface area (Å²) in [5.74, 6) is -0.722. The highest BCUT2D eigenvalue weighted by molar-refractivity contribution is 14.1. The first-order valence-corrected chi connectivity index (χ1v) is 10.3. The Morgan fingerprint density at radius 2 is 1.83 bits per heavy atom. The van der Waals surface area contributed by atoms with Crippen LogP contribution in [-0.2, 0) is 11.0 Å². The van der Waals surface area contributed by atoms with Crippen LogP contribution in [0.25, 0.3) is 0 Å². The predicted octanol–water partition coefficient (Wildman–Crippen LogP) is 6.64. The third-order valence-electron chi connectivity index (χ3n) is 3.35. The number of benzene rings is 1. The zero-order valence-electron chi connectivity index (χ0n) is 12.6. The number of hydrogen-bond acceptors (Lipinski definition) is 2.